The number of aliphatic hydroxyl groups is 2. The van der Waals surface area contributed by atoms with Crippen LogP contribution in [0.5, 0.6) is 0 Å². The van der Waals surface area contributed by atoms with Crippen molar-refractivity contribution in [3.63, 3.8) is 0 Å². The molecule has 0 radical (unpaired) electrons. The van der Waals surface area contributed by atoms with Gasteiger partial charge in [0.25, 0.3) is 0 Å². The van der Waals surface area contributed by atoms with E-state index < -0.39 is 12.2 Å². The normalized spacial score (nSPS) is 18.4. The molecule has 0 saturated carbocycles. The first kappa shape index (κ1) is 23.1. The van der Waals surface area contributed by atoms with Gasteiger partial charge in [-0.1, -0.05) is 87.1 Å². The Morgan fingerprint density at radius 1 is 0.963 bits per heavy atom. The Bertz CT molecular complexity index is 680. The summed E-state index contributed by atoms with van der Waals surface area (Å²) in [6, 6.07) is 10.3. The van der Waals surface area contributed by atoms with Gasteiger partial charge < -0.3 is 10.2 Å². The van der Waals surface area contributed by atoms with Crippen LogP contribution in [0.2, 0.25) is 0 Å². The van der Waals surface area contributed by atoms with E-state index in [2.05, 4.69) is 44.2 Å². The zero-order valence-corrected chi connectivity index (χ0v) is 17.7. The number of hydrogen-bond donors (Lipinski definition) is 2. The summed E-state index contributed by atoms with van der Waals surface area (Å²) < 4.78 is 0. The largest absolute Gasteiger partial charge is 0.389 e. The quantitative estimate of drug-likeness (QED) is 0.418. The van der Waals surface area contributed by atoms with E-state index >= 15 is 0 Å². The summed E-state index contributed by atoms with van der Waals surface area (Å²) >= 11 is 0. The van der Waals surface area contributed by atoms with Crippen LogP contribution >= 0.6 is 0 Å². The summed E-state index contributed by atoms with van der Waals surface area (Å²) in [7, 11) is 0. The van der Waals surface area contributed by atoms with Crippen molar-refractivity contribution in [3.05, 3.63) is 76.9 Å². The van der Waals surface area contributed by atoms with E-state index in [0.29, 0.717) is 12.3 Å². The van der Waals surface area contributed by atoms with Gasteiger partial charge in [-0.05, 0) is 49.8 Å². The average Bonchev–Trinajstić information content (AvgIpc) is 2.65. The molecule has 1 aromatic carbocycles. The maximum atomic E-state index is 10.6. The number of rotatable bonds is 9. The monoisotopic (exact) mass is 368 g/mol. The maximum absolute atomic E-state index is 10.6. The Morgan fingerprint density at radius 3 is 2.19 bits per heavy atom. The average molecular weight is 369 g/mol. The Labute approximate surface area is 165 Å². The van der Waals surface area contributed by atoms with E-state index in [9.17, 15) is 10.2 Å². The molecule has 0 aliphatic rings. The number of hydrogen-bond acceptors (Lipinski definition) is 2. The van der Waals surface area contributed by atoms with Gasteiger partial charge in [-0.25, -0.2) is 0 Å². The molecule has 2 nitrogen and oxygen atoms in total. The molecular weight excluding hydrogens is 332 g/mol. The van der Waals surface area contributed by atoms with Gasteiger partial charge in [-0.15, -0.1) is 0 Å². The Morgan fingerprint density at radius 2 is 1.59 bits per heavy atom. The molecule has 27 heavy (non-hydrogen) atoms. The minimum Gasteiger partial charge on any atom is -0.389 e. The van der Waals surface area contributed by atoms with Gasteiger partial charge in [-0.3, -0.25) is 0 Å². The molecule has 1 aromatic rings. The van der Waals surface area contributed by atoms with Crippen molar-refractivity contribution in [3.8, 4) is 0 Å². The molecule has 0 bridgehead atoms. The molecule has 0 aromatic heterocycles. The van der Waals surface area contributed by atoms with Gasteiger partial charge in [0.1, 0.15) is 0 Å². The fourth-order valence-corrected chi connectivity index (χ4v) is 3.14. The summed E-state index contributed by atoms with van der Waals surface area (Å²) in [5, 5.41) is 20.5. The fourth-order valence-electron chi connectivity index (χ4n) is 3.14. The van der Waals surface area contributed by atoms with Crippen LogP contribution in [0.15, 0.2) is 71.4 Å². The zero-order chi connectivity index (χ0) is 20.4. The van der Waals surface area contributed by atoms with Crippen LogP contribution in [0.4, 0.5) is 0 Å². The highest BCUT2D eigenvalue weighted by molar-refractivity contribution is 5.49. The van der Waals surface area contributed by atoms with Crippen molar-refractivity contribution < 1.29 is 10.2 Å². The van der Waals surface area contributed by atoms with Crippen LogP contribution in [-0.4, -0.2) is 22.4 Å². The molecule has 0 spiro atoms. The molecule has 0 aliphatic heterocycles. The van der Waals surface area contributed by atoms with Crippen molar-refractivity contribution in [1.29, 1.82) is 0 Å². The van der Waals surface area contributed by atoms with Gasteiger partial charge in [0.15, 0.2) is 0 Å². The van der Waals surface area contributed by atoms with Crippen LogP contribution in [0.25, 0.3) is 6.08 Å². The number of allylic oxidation sites excluding steroid dienone is 4. The molecule has 0 unspecified atom stereocenters. The molecule has 0 heterocycles. The standard InChI is InChI=1S/C25H36O2/c1-7-24(26)20(4)17-22(6)25(27)21(5)16-19(3)15-18(2)13-14-23-11-9-8-10-12-23/h8-18,22,24-27H,7H2,1-6H3/t18-,22-,24+,25-/m0/s1. The van der Waals surface area contributed by atoms with E-state index in [1.807, 2.05) is 58.0 Å². The summed E-state index contributed by atoms with van der Waals surface area (Å²) in [4.78, 5) is 0. The van der Waals surface area contributed by atoms with E-state index in [1.165, 1.54) is 5.56 Å². The second-order valence-electron chi connectivity index (χ2n) is 7.57. The lowest BCUT2D eigenvalue weighted by atomic mass is 9.93. The van der Waals surface area contributed by atoms with Gasteiger partial charge in [0.05, 0.1) is 12.2 Å². The first-order chi connectivity index (χ1) is 12.7. The van der Waals surface area contributed by atoms with Gasteiger partial charge in [0.2, 0.25) is 0 Å². The van der Waals surface area contributed by atoms with Gasteiger partial charge >= 0.3 is 0 Å². The summed E-state index contributed by atoms with van der Waals surface area (Å²) in [6.45, 7) is 12.0. The lowest BCUT2D eigenvalue weighted by Gasteiger charge is -2.19. The maximum Gasteiger partial charge on any atom is 0.0810 e. The molecular formula is C25H36O2. The Hall–Kier alpha value is -1.90. The highest BCUT2D eigenvalue weighted by atomic mass is 16.3. The van der Waals surface area contributed by atoms with E-state index in [1.54, 1.807) is 0 Å². The van der Waals surface area contributed by atoms with E-state index in [4.69, 9.17) is 0 Å². The van der Waals surface area contributed by atoms with Crippen molar-refractivity contribution in [2.45, 2.75) is 60.2 Å². The summed E-state index contributed by atoms with van der Waals surface area (Å²) in [5.74, 6) is 0.274. The second kappa shape index (κ2) is 11.7. The number of aliphatic hydroxyl groups excluding tert-OH is 2. The third-order valence-corrected chi connectivity index (χ3v) is 4.78. The third kappa shape index (κ3) is 8.55. The lowest BCUT2D eigenvalue weighted by Crippen LogP contribution is -2.19. The predicted octanol–water partition coefficient (Wildman–Crippen LogP) is 5.94. The zero-order valence-electron chi connectivity index (χ0n) is 17.7. The van der Waals surface area contributed by atoms with E-state index in [0.717, 1.165) is 16.7 Å². The van der Waals surface area contributed by atoms with Crippen LogP contribution in [-0.2, 0) is 0 Å². The Balaban J connectivity index is 2.75. The van der Waals surface area contributed by atoms with Gasteiger partial charge in [-0.2, -0.15) is 0 Å². The van der Waals surface area contributed by atoms with Crippen LogP contribution in [0, 0.1) is 11.8 Å². The molecule has 0 saturated heterocycles. The highest BCUT2D eigenvalue weighted by Crippen LogP contribution is 2.19. The minimum absolute atomic E-state index is 0.0364. The summed E-state index contributed by atoms with van der Waals surface area (Å²) in [5.41, 5.74) is 4.19. The van der Waals surface area contributed by atoms with Crippen LogP contribution in [0.1, 0.15) is 53.5 Å². The smallest absolute Gasteiger partial charge is 0.0810 e. The molecule has 0 aliphatic carbocycles. The van der Waals surface area contributed by atoms with Crippen molar-refractivity contribution in [2.75, 3.05) is 0 Å². The second-order valence-corrected chi connectivity index (χ2v) is 7.57. The molecule has 1 rings (SSSR count). The van der Waals surface area contributed by atoms with Crippen LogP contribution < -0.4 is 0 Å². The number of benzene rings is 1. The lowest BCUT2D eigenvalue weighted by molar-refractivity contribution is 0.169. The molecule has 2 N–H and O–H groups in total. The molecule has 148 valence electrons. The molecule has 0 fully saturated rings. The molecule has 0 amide bonds. The topological polar surface area (TPSA) is 40.5 Å². The summed E-state index contributed by atoms with van der Waals surface area (Å²) in [6.07, 6.45) is 10.2. The van der Waals surface area contributed by atoms with Gasteiger partial charge in [0, 0.05) is 5.92 Å². The van der Waals surface area contributed by atoms with Crippen LogP contribution in [0.3, 0.4) is 0 Å². The third-order valence-electron chi connectivity index (χ3n) is 4.78. The fraction of sp³-hybridized carbons (Fsp3) is 0.440. The first-order valence-electron chi connectivity index (χ1n) is 9.88. The highest BCUT2D eigenvalue weighted by Gasteiger charge is 2.15. The predicted molar refractivity (Wildman–Crippen MR) is 117 cm³/mol. The minimum atomic E-state index is -0.553. The van der Waals surface area contributed by atoms with Crippen molar-refractivity contribution in [2.24, 2.45) is 11.8 Å². The first-order valence-corrected chi connectivity index (χ1v) is 9.88. The van der Waals surface area contributed by atoms with Crippen molar-refractivity contribution in [1.82, 2.24) is 0 Å². The Kier molecular flexibility index (Phi) is 10.1. The SMILES string of the molecule is CC[C@@H](O)C(C)=C[C@H](C)[C@@H](O)C(C)=CC(C)=C[C@@H](C)C=Cc1ccccc1. The van der Waals surface area contributed by atoms with Crippen molar-refractivity contribution >= 4 is 6.08 Å². The van der Waals surface area contributed by atoms with E-state index in [-0.39, 0.29) is 5.92 Å². The molecule has 4 atom stereocenters. The molecule has 2 heteroatoms.